The van der Waals surface area contributed by atoms with Crippen LogP contribution in [-0.4, -0.2) is 16.3 Å². The largest absolute Gasteiger partial charge is 0.487 e. The standard InChI is InChI=1S/C16H23N3O/c1-13(2)10-17-11-14-6-4-5-7-16(14)20-12-15-8-9-19(3)18-15/h4-9,13,17H,10-12H2,1-3H3. The van der Waals surface area contributed by atoms with Crippen molar-refractivity contribution >= 4 is 0 Å². The van der Waals surface area contributed by atoms with Gasteiger partial charge >= 0.3 is 0 Å². The molecular formula is C16H23N3O. The summed E-state index contributed by atoms with van der Waals surface area (Å²) in [5.41, 5.74) is 2.13. The van der Waals surface area contributed by atoms with Crippen molar-refractivity contribution in [2.24, 2.45) is 13.0 Å². The minimum atomic E-state index is 0.502. The van der Waals surface area contributed by atoms with Gasteiger partial charge in [-0.25, -0.2) is 0 Å². The van der Waals surface area contributed by atoms with Crippen molar-refractivity contribution in [1.82, 2.24) is 15.1 Å². The zero-order chi connectivity index (χ0) is 14.4. The number of ether oxygens (including phenoxy) is 1. The highest BCUT2D eigenvalue weighted by Gasteiger charge is 2.05. The second-order valence-electron chi connectivity index (χ2n) is 5.40. The molecule has 0 amide bonds. The number of aromatic nitrogens is 2. The quantitative estimate of drug-likeness (QED) is 0.843. The molecule has 1 aromatic carbocycles. The van der Waals surface area contributed by atoms with Crippen molar-refractivity contribution in [2.75, 3.05) is 6.54 Å². The van der Waals surface area contributed by atoms with Crippen LogP contribution in [0.2, 0.25) is 0 Å². The van der Waals surface area contributed by atoms with Crippen LogP contribution in [0.25, 0.3) is 0 Å². The molecule has 108 valence electrons. The van der Waals surface area contributed by atoms with Crippen LogP contribution in [0.5, 0.6) is 5.75 Å². The van der Waals surface area contributed by atoms with E-state index in [4.69, 9.17) is 4.74 Å². The molecule has 0 aliphatic heterocycles. The Bertz CT molecular complexity index is 534. The number of hydrogen-bond acceptors (Lipinski definition) is 3. The zero-order valence-corrected chi connectivity index (χ0v) is 12.5. The lowest BCUT2D eigenvalue weighted by atomic mass is 10.2. The van der Waals surface area contributed by atoms with Crippen LogP contribution in [0.3, 0.4) is 0 Å². The molecule has 0 unspecified atom stereocenters. The Morgan fingerprint density at radius 2 is 2.05 bits per heavy atom. The highest BCUT2D eigenvalue weighted by molar-refractivity contribution is 5.33. The zero-order valence-electron chi connectivity index (χ0n) is 12.5. The summed E-state index contributed by atoms with van der Waals surface area (Å²) in [5.74, 6) is 1.58. The smallest absolute Gasteiger partial charge is 0.132 e. The summed E-state index contributed by atoms with van der Waals surface area (Å²) < 4.78 is 7.66. The van der Waals surface area contributed by atoms with Gasteiger partial charge in [-0.05, 0) is 24.6 Å². The predicted octanol–water partition coefficient (Wildman–Crippen LogP) is 2.74. The van der Waals surface area contributed by atoms with E-state index < -0.39 is 0 Å². The molecule has 20 heavy (non-hydrogen) atoms. The van der Waals surface area contributed by atoms with Crippen LogP contribution in [0.4, 0.5) is 0 Å². The second kappa shape index (κ2) is 7.10. The molecule has 0 saturated heterocycles. The summed E-state index contributed by atoms with van der Waals surface area (Å²) in [6, 6.07) is 10.1. The fourth-order valence-electron chi connectivity index (χ4n) is 1.98. The van der Waals surface area contributed by atoms with Crippen molar-refractivity contribution in [2.45, 2.75) is 27.0 Å². The lowest BCUT2D eigenvalue weighted by molar-refractivity contribution is 0.296. The van der Waals surface area contributed by atoms with Gasteiger partial charge < -0.3 is 10.1 Å². The number of aryl methyl sites for hydroxylation is 1. The topological polar surface area (TPSA) is 39.1 Å². The third-order valence-electron chi connectivity index (χ3n) is 2.99. The number of nitrogens with zero attached hydrogens (tertiary/aromatic N) is 2. The monoisotopic (exact) mass is 273 g/mol. The Balaban J connectivity index is 1.93. The lowest BCUT2D eigenvalue weighted by Crippen LogP contribution is -2.19. The van der Waals surface area contributed by atoms with E-state index >= 15 is 0 Å². The first-order valence-corrected chi connectivity index (χ1v) is 7.05. The van der Waals surface area contributed by atoms with Gasteiger partial charge in [-0.2, -0.15) is 5.10 Å². The maximum absolute atomic E-state index is 5.88. The van der Waals surface area contributed by atoms with Gasteiger partial charge in [0.2, 0.25) is 0 Å². The molecular weight excluding hydrogens is 250 g/mol. The van der Waals surface area contributed by atoms with Crippen LogP contribution < -0.4 is 10.1 Å². The van der Waals surface area contributed by atoms with Crippen LogP contribution in [0.1, 0.15) is 25.1 Å². The number of nitrogens with one attached hydrogen (secondary N) is 1. The van der Waals surface area contributed by atoms with E-state index in [1.165, 1.54) is 5.56 Å². The fourth-order valence-corrected chi connectivity index (χ4v) is 1.98. The first kappa shape index (κ1) is 14.6. The van der Waals surface area contributed by atoms with E-state index in [1.807, 2.05) is 37.5 Å². The molecule has 4 heteroatoms. The first-order chi connectivity index (χ1) is 9.65. The highest BCUT2D eigenvalue weighted by atomic mass is 16.5. The van der Waals surface area contributed by atoms with Crippen molar-refractivity contribution in [3.8, 4) is 5.75 Å². The van der Waals surface area contributed by atoms with Gasteiger partial charge in [0.05, 0.1) is 5.69 Å². The van der Waals surface area contributed by atoms with Crippen molar-refractivity contribution in [1.29, 1.82) is 0 Å². The van der Waals surface area contributed by atoms with E-state index in [9.17, 15) is 0 Å². The predicted molar refractivity (Wildman–Crippen MR) is 80.5 cm³/mol. The third-order valence-corrected chi connectivity index (χ3v) is 2.99. The molecule has 2 rings (SSSR count). The van der Waals surface area contributed by atoms with Crippen molar-refractivity contribution < 1.29 is 4.74 Å². The first-order valence-electron chi connectivity index (χ1n) is 7.05. The summed E-state index contributed by atoms with van der Waals surface area (Å²) in [6.07, 6.45) is 1.93. The van der Waals surface area contributed by atoms with Gasteiger partial charge in [-0.3, -0.25) is 4.68 Å². The van der Waals surface area contributed by atoms with Crippen LogP contribution in [-0.2, 0) is 20.2 Å². The Kier molecular flexibility index (Phi) is 5.18. The van der Waals surface area contributed by atoms with Crippen LogP contribution >= 0.6 is 0 Å². The number of para-hydroxylation sites is 1. The van der Waals surface area contributed by atoms with Gasteiger partial charge in [-0.15, -0.1) is 0 Å². The maximum atomic E-state index is 5.88. The molecule has 1 heterocycles. The molecule has 0 atom stereocenters. The van der Waals surface area contributed by atoms with Crippen LogP contribution in [0.15, 0.2) is 36.5 Å². The summed E-state index contributed by atoms with van der Waals surface area (Å²) in [6.45, 7) is 6.75. The van der Waals surface area contributed by atoms with E-state index in [2.05, 4.69) is 30.3 Å². The summed E-state index contributed by atoms with van der Waals surface area (Å²) in [7, 11) is 1.91. The number of benzene rings is 1. The molecule has 0 aliphatic rings. The van der Waals surface area contributed by atoms with Crippen molar-refractivity contribution in [3.05, 3.63) is 47.8 Å². The van der Waals surface area contributed by atoms with E-state index in [-0.39, 0.29) is 0 Å². The number of rotatable bonds is 7. The number of hydrogen-bond donors (Lipinski definition) is 1. The minimum Gasteiger partial charge on any atom is -0.487 e. The summed E-state index contributed by atoms with van der Waals surface area (Å²) in [5, 5.41) is 7.76. The lowest BCUT2D eigenvalue weighted by Gasteiger charge is -2.12. The third kappa shape index (κ3) is 4.38. The molecule has 0 radical (unpaired) electrons. The van der Waals surface area contributed by atoms with E-state index in [1.54, 1.807) is 4.68 Å². The molecule has 0 saturated carbocycles. The molecule has 0 fully saturated rings. The molecule has 0 aliphatic carbocycles. The summed E-state index contributed by atoms with van der Waals surface area (Å²) in [4.78, 5) is 0. The Morgan fingerprint density at radius 1 is 1.25 bits per heavy atom. The SMILES string of the molecule is CC(C)CNCc1ccccc1OCc1ccn(C)n1. The van der Waals surface area contributed by atoms with Gasteiger partial charge in [0.1, 0.15) is 12.4 Å². The maximum Gasteiger partial charge on any atom is 0.132 e. The second-order valence-corrected chi connectivity index (χ2v) is 5.40. The summed E-state index contributed by atoms with van der Waals surface area (Å²) >= 11 is 0. The Labute approximate surface area is 120 Å². The van der Waals surface area contributed by atoms with Crippen LogP contribution in [0, 0.1) is 5.92 Å². The van der Waals surface area contributed by atoms with Gasteiger partial charge in [0.15, 0.2) is 0 Å². The molecule has 4 nitrogen and oxygen atoms in total. The van der Waals surface area contributed by atoms with Gasteiger partial charge in [0, 0.05) is 25.4 Å². The highest BCUT2D eigenvalue weighted by Crippen LogP contribution is 2.19. The normalized spacial score (nSPS) is 11.0. The van der Waals surface area contributed by atoms with Gasteiger partial charge in [-0.1, -0.05) is 32.0 Å². The molecule has 1 N–H and O–H groups in total. The Morgan fingerprint density at radius 3 is 2.75 bits per heavy atom. The Hall–Kier alpha value is -1.81. The van der Waals surface area contributed by atoms with E-state index in [0.717, 1.165) is 24.5 Å². The average molecular weight is 273 g/mol. The van der Waals surface area contributed by atoms with Crippen molar-refractivity contribution in [3.63, 3.8) is 0 Å². The molecule has 0 bridgehead atoms. The minimum absolute atomic E-state index is 0.502. The van der Waals surface area contributed by atoms with E-state index in [0.29, 0.717) is 12.5 Å². The molecule has 0 spiro atoms. The molecule has 2 aromatic rings. The molecule has 1 aromatic heterocycles. The average Bonchev–Trinajstić information content (AvgIpc) is 2.83. The van der Waals surface area contributed by atoms with Gasteiger partial charge in [0.25, 0.3) is 0 Å². The fraction of sp³-hybridized carbons (Fsp3) is 0.438.